The Kier molecular flexibility index (Phi) is 1.62. The molecule has 0 radical (unpaired) electrons. The van der Waals surface area contributed by atoms with Gasteiger partial charge in [-0.3, -0.25) is 15.1 Å². The molecule has 0 aliphatic carbocycles. The summed E-state index contributed by atoms with van der Waals surface area (Å²) in [5.41, 5.74) is 0.711. The molecule has 1 heterocycles. The third-order valence-electron chi connectivity index (χ3n) is 1.19. The fourth-order valence-corrected chi connectivity index (χ4v) is 0.671. The lowest BCUT2D eigenvalue weighted by Gasteiger charge is -1.91. The molecule has 1 aromatic heterocycles. The van der Waals surface area contributed by atoms with Crippen molar-refractivity contribution in [2.24, 2.45) is 0 Å². The molecule has 0 spiro atoms. The molecule has 0 aliphatic heterocycles. The predicted molar refractivity (Wildman–Crippen MR) is 35.6 cm³/mol. The van der Waals surface area contributed by atoms with E-state index in [0.29, 0.717) is 5.56 Å². The van der Waals surface area contributed by atoms with Gasteiger partial charge in [-0.2, -0.15) is 0 Å². The number of hydrogen-bond acceptors (Lipinski definition) is 3. The molecule has 10 heavy (non-hydrogen) atoms. The van der Waals surface area contributed by atoms with Gasteiger partial charge in [0.25, 0.3) is 5.69 Å². The summed E-state index contributed by atoms with van der Waals surface area (Å²) in [6.07, 6.45) is 2.88. The summed E-state index contributed by atoms with van der Waals surface area (Å²) < 4.78 is 0. The fourth-order valence-electron chi connectivity index (χ4n) is 0.671. The molecule has 0 N–H and O–H groups in total. The normalized spacial score (nSPS) is 9.30. The van der Waals surface area contributed by atoms with Gasteiger partial charge in [-0.15, -0.1) is 0 Å². The van der Waals surface area contributed by atoms with E-state index >= 15 is 0 Å². The van der Waals surface area contributed by atoms with Crippen molar-refractivity contribution >= 4 is 5.69 Å². The zero-order chi connectivity index (χ0) is 7.56. The second-order valence-electron chi connectivity index (χ2n) is 1.92. The van der Waals surface area contributed by atoms with Gasteiger partial charge in [-0.25, -0.2) is 0 Å². The standard InChI is InChI=1S/C6H6N2O2/c1-5-4-7-3-2-6(5)8(9)10/h2-4H,1H3. The lowest BCUT2D eigenvalue weighted by Crippen LogP contribution is -1.90. The molecule has 1 aromatic rings. The maximum atomic E-state index is 10.2. The summed E-state index contributed by atoms with van der Waals surface area (Å²) in [7, 11) is 0. The Morgan fingerprint density at radius 1 is 1.70 bits per heavy atom. The Morgan fingerprint density at radius 3 is 2.80 bits per heavy atom. The molecule has 0 amide bonds. The second kappa shape index (κ2) is 2.43. The van der Waals surface area contributed by atoms with Crippen LogP contribution in [0.5, 0.6) is 0 Å². The maximum absolute atomic E-state index is 10.2. The highest BCUT2D eigenvalue weighted by atomic mass is 16.6. The number of pyridine rings is 1. The van der Waals surface area contributed by atoms with Crippen LogP contribution in [0.3, 0.4) is 0 Å². The van der Waals surface area contributed by atoms with Crippen molar-refractivity contribution in [1.29, 1.82) is 0 Å². The van der Waals surface area contributed by atoms with Crippen molar-refractivity contribution in [2.45, 2.75) is 6.92 Å². The first-order chi connectivity index (χ1) is 4.72. The second-order valence-corrected chi connectivity index (χ2v) is 1.92. The summed E-state index contributed by atoms with van der Waals surface area (Å²) >= 11 is 0. The molecular formula is C6H6N2O2. The number of aryl methyl sites for hydroxylation is 1. The maximum Gasteiger partial charge on any atom is 0.275 e. The van der Waals surface area contributed by atoms with Gasteiger partial charge in [-0.05, 0) is 6.92 Å². The molecule has 4 nitrogen and oxygen atoms in total. The third-order valence-corrected chi connectivity index (χ3v) is 1.19. The van der Waals surface area contributed by atoms with Crippen molar-refractivity contribution in [3.8, 4) is 0 Å². The molecule has 0 unspecified atom stereocenters. The molecule has 1 rings (SSSR count). The first kappa shape index (κ1) is 6.67. The number of hydrogen-bond donors (Lipinski definition) is 0. The van der Waals surface area contributed by atoms with Gasteiger partial charge in [0.05, 0.1) is 4.92 Å². The highest BCUT2D eigenvalue weighted by Gasteiger charge is 2.06. The molecule has 0 aliphatic rings. The van der Waals surface area contributed by atoms with E-state index in [2.05, 4.69) is 4.98 Å². The summed E-state index contributed by atoms with van der Waals surface area (Å²) in [5.74, 6) is 0. The van der Waals surface area contributed by atoms with Crippen LogP contribution in [0.15, 0.2) is 18.5 Å². The van der Waals surface area contributed by atoms with E-state index in [4.69, 9.17) is 0 Å². The van der Waals surface area contributed by atoms with E-state index in [0.717, 1.165) is 0 Å². The van der Waals surface area contributed by atoms with Crippen LogP contribution in [0, 0.1) is 17.0 Å². The van der Waals surface area contributed by atoms with Crippen LogP contribution in [-0.2, 0) is 0 Å². The van der Waals surface area contributed by atoms with Crippen LogP contribution < -0.4 is 0 Å². The van der Waals surface area contributed by atoms with Gasteiger partial charge in [0.2, 0.25) is 0 Å². The monoisotopic (exact) mass is 138 g/mol. The molecule has 0 saturated carbocycles. The quantitative estimate of drug-likeness (QED) is 0.434. The van der Waals surface area contributed by atoms with Gasteiger partial charge in [0.15, 0.2) is 0 Å². The smallest absolute Gasteiger partial charge is 0.264 e. The van der Waals surface area contributed by atoms with Crippen molar-refractivity contribution in [3.05, 3.63) is 34.1 Å². The summed E-state index contributed by atoms with van der Waals surface area (Å²) in [5, 5.41) is 10.2. The molecule has 0 atom stereocenters. The van der Waals surface area contributed by atoms with Crippen LogP contribution in [0.2, 0.25) is 0 Å². The molecule has 0 bridgehead atoms. The highest BCUT2D eigenvalue weighted by molar-refractivity contribution is 5.35. The van der Waals surface area contributed by atoms with Crippen LogP contribution in [0.25, 0.3) is 0 Å². The van der Waals surface area contributed by atoms with Gasteiger partial charge < -0.3 is 0 Å². The number of nitrogens with zero attached hydrogens (tertiary/aromatic N) is 2. The topological polar surface area (TPSA) is 56.0 Å². The van der Waals surface area contributed by atoms with E-state index in [1.165, 1.54) is 18.5 Å². The van der Waals surface area contributed by atoms with E-state index in [1.807, 2.05) is 0 Å². The Bertz CT molecular complexity index is 260. The molecule has 0 fully saturated rings. The minimum Gasteiger partial charge on any atom is -0.264 e. The van der Waals surface area contributed by atoms with E-state index in [-0.39, 0.29) is 5.69 Å². The molecule has 4 heteroatoms. The summed E-state index contributed by atoms with van der Waals surface area (Å²) in [6.45, 7) is 1.66. The van der Waals surface area contributed by atoms with Crippen molar-refractivity contribution in [1.82, 2.24) is 4.98 Å². The average molecular weight is 138 g/mol. The lowest BCUT2D eigenvalue weighted by atomic mass is 10.3. The van der Waals surface area contributed by atoms with Crippen LogP contribution in [0.4, 0.5) is 5.69 Å². The average Bonchev–Trinajstić information content (AvgIpc) is 1.88. The van der Waals surface area contributed by atoms with Gasteiger partial charge in [-0.1, -0.05) is 0 Å². The Morgan fingerprint density at radius 2 is 2.40 bits per heavy atom. The number of rotatable bonds is 1. The SMILES string of the molecule is Cc1cnccc1[N+](=O)[O-]. The molecular weight excluding hydrogens is 132 g/mol. The van der Waals surface area contributed by atoms with Crippen molar-refractivity contribution < 1.29 is 4.92 Å². The summed E-state index contributed by atoms with van der Waals surface area (Å²) in [4.78, 5) is 13.5. The Labute approximate surface area is 57.7 Å². The minimum atomic E-state index is -0.420. The van der Waals surface area contributed by atoms with Gasteiger partial charge in [0.1, 0.15) is 0 Å². The Balaban J connectivity index is 3.15. The number of nitro groups is 1. The van der Waals surface area contributed by atoms with E-state index in [9.17, 15) is 10.1 Å². The first-order valence-electron chi connectivity index (χ1n) is 2.77. The lowest BCUT2D eigenvalue weighted by molar-refractivity contribution is -0.385. The highest BCUT2D eigenvalue weighted by Crippen LogP contribution is 2.13. The zero-order valence-corrected chi connectivity index (χ0v) is 5.44. The molecule has 52 valence electrons. The molecule has 0 saturated heterocycles. The van der Waals surface area contributed by atoms with E-state index < -0.39 is 4.92 Å². The van der Waals surface area contributed by atoms with Crippen molar-refractivity contribution in [3.63, 3.8) is 0 Å². The minimum absolute atomic E-state index is 0.120. The van der Waals surface area contributed by atoms with Gasteiger partial charge in [0, 0.05) is 24.0 Å². The van der Waals surface area contributed by atoms with Crippen LogP contribution >= 0.6 is 0 Å². The molecule has 0 aromatic carbocycles. The number of aromatic nitrogens is 1. The van der Waals surface area contributed by atoms with Crippen molar-refractivity contribution in [2.75, 3.05) is 0 Å². The predicted octanol–water partition coefficient (Wildman–Crippen LogP) is 1.30. The van der Waals surface area contributed by atoms with E-state index in [1.54, 1.807) is 6.92 Å². The van der Waals surface area contributed by atoms with Crippen LogP contribution in [0.1, 0.15) is 5.56 Å². The first-order valence-corrected chi connectivity index (χ1v) is 2.77. The summed E-state index contributed by atoms with van der Waals surface area (Å²) in [6, 6.07) is 1.38. The van der Waals surface area contributed by atoms with Crippen LogP contribution in [-0.4, -0.2) is 9.91 Å². The Hall–Kier alpha value is -1.45. The third kappa shape index (κ3) is 1.10. The largest absolute Gasteiger partial charge is 0.275 e. The fraction of sp³-hybridized carbons (Fsp3) is 0.167. The van der Waals surface area contributed by atoms with Gasteiger partial charge >= 0.3 is 0 Å². The zero-order valence-electron chi connectivity index (χ0n) is 5.44.